The quantitative estimate of drug-likeness (QED) is 0.703. The third kappa shape index (κ3) is 3.76. The summed E-state index contributed by atoms with van der Waals surface area (Å²) < 4.78 is 40.2. The van der Waals surface area contributed by atoms with Gasteiger partial charge in [-0.25, -0.2) is 8.94 Å². The van der Waals surface area contributed by atoms with Crippen LogP contribution in [0.3, 0.4) is 0 Å². The summed E-state index contributed by atoms with van der Waals surface area (Å²) >= 11 is 0. The highest BCUT2D eigenvalue weighted by Gasteiger charge is 2.22. The normalized spacial score (nSPS) is 15.0. The molecule has 0 radical (unpaired) electrons. The monoisotopic (exact) mass is 342 g/mol. The van der Waals surface area contributed by atoms with Crippen LogP contribution in [0.1, 0.15) is 13.3 Å². The molecule has 0 heterocycles. The Morgan fingerprint density at radius 3 is 2.65 bits per heavy atom. The largest absolute Gasteiger partial charge is 0.507 e. The van der Waals surface area contributed by atoms with Gasteiger partial charge in [-0.1, -0.05) is 13.0 Å². The lowest BCUT2D eigenvalue weighted by atomic mass is 10.0. The number of aromatic hydroxyl groups is 1. The van der Waals surface area contributed by atoms with E-state index in [4.69, 9.17) is 9.29 Å². The first kappa shape index (κ1) is 17.6. The van der Waals surface area contributed by atoms with E-state index in [0.29, 0.717) is 12.3 Å². The van der Waals surface area contributed by atoms with Crippen LogP contribution < -0.4 is 9.46 Å². The van der Waals surface area contributed by atoms with Crippen LogP contribution >= 0.6 is 10.8 Å². The number of rotatable bonds is 6. The van der Waals surface area contributed by atoms with Crippen molar-refractivity contribution in [2.45, 2.75) is 18.2 Å². The van der Waals surface area contributed by atoms with E-state index in [9.17, 15) is 14.0 Å². The minimum Gasteiger partial charge on any atom is -0.507 e. The summed E-state index contributed by atoms with van der Waals surface area (Å²) in [5.41, 5.74) is 0.387. The fourth-order valence-electron chi connectivity index (χ4n) is 2.18. The molecule has 2 aromatic rings. The number of halogens is 1. The molecule has 0 aliphatic carbocycles. The van der Waals surface area contributed by atoms with Gasteiger partial charge in [0.2, 0.25) is 0 Å². The zero-order chi connectivity index (χ0) is 17.0. The van der Waals surface area contributed by atoms with Gasteiger partial charge in [-0.15, -0.1) is 0 Å². The van der Waals surface area contributed by atoms with Gasteiger partial charge in [-0.2, -0.15) is 4.72 Å². The first-order valence-electron chi connectivity index (χ1n) is 7.11. The van der Waals surface area contributed by atoms with E-state index in [2.05, 4.69) is 4.72 Å². The molecule has 0 aliphatic heterocycles. The Hall–Kier alpha value is -1.80. The van der Waals surface area contributed by atoms with Crippen molar-refractivity contribution in [2.75, 3.05) is 13.7 Å². The molecule has 23 heavy (non-hydrogen) atoms. The molecule has 2 aromatic carbocycles. The number of ether oxygens (including phenoxy) is 1. The van der Waals surface area contributed by atoms with Gasteiger partial charge in [0, 0.05) is 18.2 Å². The number of nitrogens with one attached hydrogen (secondary N) is 1. The highest BCUT2D eigenvalue weighted by Crippen LogP contribution is 2.47. The molecule has 7 heteroatoms. The number of phenols is 1. The van der Waals surface area contributed by atoms with Crippen molar-refractivity contribution in [1.29, 1.82) is 0 Å². The lowest BCUT2D eigenvalue weighted by molar-refractivity contribution is 0.412. The van der Waals surface area contributed by atoms with Crippen LogP contribution in [-0.4, -0.2) is 27.9 Å². The first-order chi connectivity index (χ1) is 10.9. The van der Waals surface area contributed by atoms with Gasteiger partial charge < -0.3 is 14.4 Å². The third-order valence-corrected chi connectivity index (χ3v) is 4.89. The van der Waals surface area contributed by atoms with Crippen LogP contribution in [0.2, 0.25) is 0 Å². The van der Waals surface area contributed by atoms with Crippen molar-refractivity contribution in [2.24, 2.45) is 0 Å². The van der Waals surface area contributed by atoms with E-state index in [1.54, 1.807) is 6.07 Å². The Balaban J connectivity index is 2.45. The maximum atomic E-state index is 14.1. The van der Waals surface area contributed by atoms with Crippen LogP contribution in [0.5, 0.6) is 11.5 Å². The van der Waals surface area contributed by atoms with E-state index >= 15 is 0 Å². The summed E-state index contributed by atoms with van der Waals surface area (Å²) in [6.45, 7) is 2.41. The van der Waals surface area contributed by atoms with E-state index in [1.807, 2.05) is 6.92 Å². The van der Waals surface area contributed by atoms with Crippen molar-refractivity contribution < 1.29 is 23.3 Å². The molecule has 0 spiro atoms. The molecule has 1 unspecified atom stereocenters. The third-order valence-electron chi connectivity index (χ3n) is 3.34. The molecule has 0 bridgehead atoms. The van der Waals surface area contributed by atoms with E-state index in [-0.39, 0.29) is 21.8 Å². The second-order valence-electron chi connectivity index (χ2n) is 4.97. The maximum Gasteiger partial charge on any atom is 0.134 e. The Labute approximate surface area is 136 Å². The minimum atomic E-state index is -2.95. The van der Waals surface area contributed by atoms with Crippen LogP contribution in [0.4, 0.5) is 4.39 Å². The van der Waals surface area contributed by atoms with Crippen molar-refractivity contribution in [3.8, 4) is 22.6 Å². The Morgan fingerprint density at radius 1 is 1.30 bits per heavy atom. The van der Waals surface area contributed by atoms with Gasteiger partial charge >= 0.3 is 0 Å². The van der Waals surface area contributed by atoms with Gasteiger partial charge in [-0.3, -0.25) is 0 Å². The van der Waals surface area contributed by atoms with Gasteiger partial charge in [0.1, 0.15) is 22.2 Å². The predicted molar refractivity (Wildman–Crippen MR) is 90.4 cm³/mol. The fourth-order valence-corrected chi connectivity index (χ4v) is 3.39. The zero-order valence-electron chi connectivity index (χ0n) is 13.0. The molecule has 5 N–H and O–H groups in total. The minimum absolute atomic E-state index is 0.143. The summed E-state index contributed by atoms with van der Waals surface area (Å²) in [7, 11) is -1.53. The van der Waals surface area contributed by atoms with E-state index in [0.717, 1.165) is 6.42 Å². The highest BCUT2D eigenvalue weighted by atomic mass is 32.3. The number of benzene rings is 2. The molecule has 1 atom stereocenters. The maximum absolute atomic E-state index is 14.1. The number of hydrogen-bond donors (Lipinski definition) is 3. The average Bonchev–Trinajstić information content (AvgIpc) is 2.53. The molecular weight excluding hydrogens is 321 g/mol. The second-order valence-corrected chi connectivity index (χ2v) is 6.89. The molecule has 0 aliphatic rings. The molecule has 0 aromatic heterocycles. The molecule has 0 saturated heterocycles. The molecule has 0 amide bonds. The number of phenolic OH excluding ortho intramolecular Hbond substituents is 1. The Morgan fingerprint density at radius 2 is 2.04 bits per heavy atom. The molecular formula is C16H21FNO4S+. The molecule has 126 valence electrons. The van der Waals surface area contributed by atoms with Crippen LogP contribution in [0.15, 0.2) is 41.3 Å². The Bertz CT molecular complexity index is 694. The lowest BCUT2D eigenvalue weighted by Gasteiger charge is -2.28. The van der Waals surface area contributed by atoms with Gasteiger partial charge in [-0.05, 0) is 41.5 Å². The summed E-state index contributed by atoms with van der Waals surface area (Å²) in [5.74, 6) is -0.446. The van der Waals surface area contributed by atoms with E-state index < -0.39 is 16.6 Å². The fraction of sp³-hybridized carbons (Fsp3) is 0.250. The first-order valence-corrected chi connectivity index (χ1v) is 8.70. The predicted octanol–water partition coefficient (Wildman–Crippen LogP) is 3.40. The second kappa shape index (κ2) is 7.18. The Kier molecular flexibility index (Phi) is 5.48. The summed E-state index contributed by atoms with van der Waals surface area (Å²) in [6.07, 6.45) is 0.769. The SMILES string of the molecule is CCCNS(O)([OH2+])c1ccc(-c2c(F)cccc2OC)c(O)c1. The zero-order valence-corrected chi connectivity index (χ0v) is 13.8. The smallest absolute Gasteiger partial charge is 0.134 e. The van der Waals surface area contributed by atoms with Crippen molar-refractivity contribution in [3.63, 3.8) is 0 Å². The van der Waals surface area contributed by atoms with Crippen LogP contribution in [0, 0.1) is 5.82 Å². The summed E-state index contributed by atoms with van der Waals surface area (Å²) in [4.78, 5) is 0.252. The van der Waals surface area contributed by atoms with Crippen molar-refractivity contribution >= 4 is 10.8 Å². The molecule has 2 rings (SSSR count). The molecule has 0 fully saturated rings. The molecule has 5 nitrogen and oxygen atoms in total. The van der Waals surface area contributed by atoms with Gasteiger partial charge in [0.15, 0.2) is 0 Å². The lowest BCUT2D eigenvalue weighted by Crippen LogP contribution is -2.20. The number of hydrogen-bond acceptors (Lipinski definition) is 4. The number of methoxy groups -OCH3 is 1. The summed E-state index contributed by atoms with van der Waals surface area (Å²) in [5, 5.41) is 10.2. The topological polar surface area (TPSA) is 84.6 Å². The summed E-state index contributed by atoms with van der Waals surface area (Å²) in [6, 6.07) is 8.66. The van der Waals surface area contributed by atoms with Crippen molar-refractivity contribution in [1.82, 2.24) is 4.72 Å². The van der Waals surface area contributed by atoms with Crippen LogP contribution in [0.25, 0.3) is 11.1 Å². The van der Waals surface area contributed by atoms with Gasteiger partial charge in [0.25, 0.3) is 0 Å². The highest BCUT2D eigenvalue weighted by molar-refractivity contribution is 8.22. The standard InChI is InChI=1S/C16H20FNO4S/c1-3-9-18-23(20,21)11-7-8-12(14(19)10-11)16-13(17)5-4-6-15(16)22-2/h4-8,10,18-21H,3,9H2,1-2H3/p+1. The average molecular weight is 342 g/mol. The molecule has 0 saturated carbocycles. The van der Waals surface area contributed by atoms with Gasteiger partial charge in [0.05, 0.1) is 12.7 Å². The van der Waals surface area contributed by atoms with Crippen molar-refractivity contribution in [3.05, 3.63) is 42.2 Å². The van der Waals surface area contributed by atoms with E-state index in [1.165, 1.54) is 37.4 Å². The van der Waals surface area contributed by atoms with Crippen LogP contribution in [-0.2, 0) is 0 Å².